The number of benzene rings is 2. The lowest BCUT2D eigenvalue weighted by Crippen LogP contribution is -2.09. The van der Waals surface area contributed by atoms with Gasteiger partial charge in [0.15, 0.2) is 6.10 Å². The molecule has 1 atom stereocenters. The Morgan fingerprint density at radius 3 is 2.75 bits per heavy atom. The van der Waals surface area contributed by atoms with Crippen molar-refractivity contribution in [2.45, 2.75) is 19.6 Å². The monoisotopic (exact) mass is 344 g/mol. The van der Waals surface area contributed by atoms with E-state index in [4.69, 9.17) is 25.5 Å². The lowest BCUT2D eigenvalue weighted by molar-refractivity contribution is 0.109. The molecule has 2 aromatic carbocycles. The molecule has 6 heteroatoms. The van der Waals surface area contributed by atoms with Gasteiger partial charge in [0.25, 0.3) is 0 Å². The molecule has 24 heavy (non-hydrogen) atoms. The second kappa shape index (κ2) is 7.47. The minimum absolute atomic E-state index is 0.395. The molecule has 124 valence electrons. The summed E-state index contributed by atoms with van der Waals surface area (Å²) < 4.78 is 16.8. The van der Waals surface area contributed by atoms with Crippen LogP contribution in [0, 0.1) is 6.92 Å². The van der Waals surface area contributed by atoms with Crippen LogP contribution in [0.2, 0.25) is 5.02 Å². The zero-order valence-corrected chi connectivity index (χ0v) is 14.2. The highest BCUT2D eigenvalue weighted by Gasteiger charge is 2.21. The molecule has 0 aliphatic rings. The molecule has 5 nitrogen and oxygen atoms in total. The van der Waals surface area contributed by atoms with Gasteiger partial charge in [0, 0.05) is 12.1 Å². The predicted molar refractivity (Wildman–Crippen MR) is 90.1 cm³/mol. The highest BCUT2D eigenvalue weighted by atomic mass is 35.5. The summed E-state index contributed by atoms with van der Waals surface area (Å²) >= 11 is 5.98. The van der Waals surface area contributed by atoms with E-state index in [9.17, 15) is 0 Å². The van der Waals surface area contributed by atoms with Gasteiger partial charge < -0.3 is 13.9 Å². The molecule has 1 unspecified atom stereocenters. The predicted octanol–water partition coefficient (Wildman–Crippen LogP) is 4.35. The van der Waals surface area contributed by atoms with Gasteiger partial charge in [0.2, 0.25) is 12.3 Å². The fourth-order valence-corrected chi connectivity index (χ4v) is 2.74. The first-order chi connectivity index (χ1) is 11.7. The van der Waals surface area contributed by atoms with Crippen molar-refractivity contribution in [3.05, 3.63) is 76.5 Å². The topological polar surface area (TPSA) is 57.4 Å². The summed E-state index contributed by atoms with van der Waals surface area (Å²) in [5.41, 5.74) is 2.90. The van der Waals surface area contributed by atoms with E-state index in [1.54, 1.807) is 7.11 Å². The Balaban J connectivity index is 1.84. The van der Waals surface area contributed by atoms with Gasteiger partial charge in [-0.15, -0.1) is 10.2 Å². The lowest BCUT2D eigenvalue weighted by atomic mass is 10.0. The first-order valence-electron chi connectivity index (χ1n) is 7.44. The molecule has 0 amide bonds. The van der Waals surface area contributed by atoms with Crippen LogP contribution in [0.25, 0.3) is 0 Å². The average molecular weight is 345 g/mol. The molecule has 0 saturated carbocycles. The van der Waals surface area contributed by atoms with E-state index in [0.717, 1.165) is 22.4 Å². The van der Waals surface area contributed by atoms with Crippen molar-refractivity contribution in [3.8, 4) is 5.75 Å². The van der Waals surface area contributed by atoms with Crippen molar-refractivity contribution in [2.75, 3.05) is 7.11 Å². The van der Waals surface area contributed by atoms with Gasteiger partial charge in [0.1, 0.15) is 12.4 Å². The number of nitrogens with zero attached hydrogens (tertiary/aromatic N) is 2. The third kappa shape index (κ3) is 3.58. The van der Waals surface area contributed by atoms with Gasteiger partial charge in [-0.05, 0) is 41.8 Å². The molecule has 0 bridgehead atoms. The SMILES string of the molecule is COC(c1nnco1)c1ccccc1COc1ccc(Cl)cc1C. The third-order valence-corrected chi connectivity index (χ3v) is 3.93. The Bertz CT molecular complexity index is 806. The summed E-state index contributed by atoms with van der Waals surface area (Å²) in [4.78, 5) is 0. The van der Waals surface area contributed by atoms with Crippen LogP contribution < -0.4 is 4.74 Å². The van der Waals surface area contributed by atoms with Crippen molar-refractivity contribution >= 4 is 11.6 Å². The summed E-state index contributed by atoms with van der Waals surface area (Å²) in [5, 5.41) is 8.36. The standard InChI is InChI=1S/C18H17ClN2O3/c1-12-9-14(19)7-8-16(12)23-10-13-5-3-4-6-15(13)17(22-2)18-21-20-11-24-18/h3-9,11,17H,10H2,1-2H3. The number of hydrogen-bond acceptors (Lipinski definition) is 5. The van der Waals surface area contributed by atoms with Gasteiger partial charge in [-0.2, -0.15) is 0 Å². The Kier molecular flexibility index (Phi) is 5.13. The maximum Gasteiger partial charge on any atom is 0.249 e. The van der Waals surface area contributed by atoms with Gasteiger partial charge >= 0.3 is 0 Å². The van der Waals surface area contributed by atoms with E-state index in [0.29, 0.717) is 17.5 Å². The first-order valence-corrected chi connectivity index (χ1v) is 7.82. The van der Waals surface area contributed by atoms with E-state index in [1.807, 2.05) is 49.4 Å². The minimum atomic E-state index is -0.432. The molecule has 1 aromatic heterocycles. The van der Waals surface area contributed by atoms with Crippen LogP contribution in [0.5, 0.6) is 5.75 Å². The largest absolute Gasteiger partial charge is 0.489 e. The summed E-state index contributed by atoms with van der Waals surface area (Å²) in [6.45, 7) is 2.36. The molecular formula is C18H17ClN2O3. The van der Waals surface area contributed by atoms with Crippen LogP contribution in [0.4, 0.5) is 0 Å². The molecule has 0 spiro atoms. The van der Waals surface area contributed by atoms with Crippen LogP contribution in [-0.2, 0) is 11.3 Å². The number of hydrogen-bond donors (Lipinski definition) is 0. The van der Waals surface area contributed by atoms with E-state index < -0.39 is 6.10 Å². The highest BCUT2D eigenvalue weighted by Crippen LogP contribution is 2.28. The van der Waals surface area contributed by atoms with Crippen molar-refractivity contribution in [3.63, 3.8) is 0 Å². The molecule has 0 radical (unpaired) electrons. The second-order valence-electron chi connectivity index (χ2n) is 5.29. The molecule has 1 heterocycles. The van der Waals surface area contributed by atoms with Crippen molar-refractivity contribution in [1.29, 1.82) is 0 Å². The summed E-state index contributed by atoms with van der Waals surface area (Å²) in [7, 11) is 1.61. The Hall–Kier alpha value is -2.37. The zero-order chi connectivity index (χ0) is 16.9. The molecule has 0 aliphatic heterocycles. The van der Waals surface area contributed by atoms with Gasteiger partial charge in [-0.1, -0.05) is 35.9 Å². The number of aryl methyl sites for hydroxylation is 1. The van der Waals surface area contributed by atoms with Crippen LogP contribution >= 0.6 is 11.6 Å². The first kappa shape index (κ1) is 16.5. The number of ether oxygens (including phenoxy) is 2. The number of halogens is 1. The molecule has 0 fully saturated rings. The normalized spacial score (nSPS) is 12.1. The van der Waals surface area contributed by atoms with E-state index in [-0.39, 0.29) is 0 Å². The molecule has 0 N–H and O–H groups in total. The number of methoxy groups -OCH3 is 1. The van der Waals surface area contributed by atoms with E-state index in [2.05, 4.69) is 10.2 Å². The van der Waals surface area contributed by atoms with Crippen LogP contribution in [-0.4, -0.2) is 17.3 Å². The number of aromatic nitrogens is 2. The summed E-state index contributed by atoms with van der Waals surface area (Å²) in [5.74, 6) is 1.20. The summed E-state index contributed by atoms with van der Waals surface area (Å²) in [6.07, 6.45) is 0.857. The highest BCUT2D eigenvalue weighted by molar-refractivity contribution is 6.30. The maximum atomic E-state index is 5.98. The van der Waals surface area contributed by atoms with Crippen LogP contribution in [0.15, 0.2) is 53.3 Å². The van der Waals surface area contributed by atoms with Crippen molar-refractivity contribution in [2.24, 2.45) is 0 Å². The zero-order valence-electron chi connectivity index (χ0n) is 13.4. The quantitative estimate of drug-likeness (QED) is 0.665. The van der Waals surface area contributed by atoms with Crippen LogP contribution in [0.1, 0.15) is 28.7 Å². The minimum Gasteiger partial charge on any atom is -0.489 e. The summed E-state index contributed by atoms with van der Waals surface area (Å²) in [6, 6.07) is 13.4. The van der Waals surface area contributed by atoms with Gasteiger partial charge in [-0.3, -0.25) is 0 Å². The maximum absolute atomic E-state index is 5.98. The third-order valence-electron chi connectivity index (χ3n) is 3.69. The Morgan fingerprint density at radius 1 is 1.21 bits per heavy atom. The second-order valence-corrected chi connectivity index (χ2v) is 5.73. The molecule has 0 aliphatic carbocycles. The Morgan fingerprint density at radius 2 is 2.04 bits per heavy atom. The van der Waals surface area contributed by atoms with Crippen LogP contribution in [0.3, 0.4) is 0 Å². The molecule has 3 rings (SSSR count). The van der Waals surface area contributed by atoms with E-state index in [1.165, 1.54) is 6.39 Å². The molecular weight excluding hydrogens is 328 g/mol. The molecule has 0 saturated heterocycles. The van der Waals surface area contributed by atoms with Crippen molar-refractivity contribution < 1.29 is 13.9 Å². The van der Waals surface area contributed by atoms with Crippen molar-refractivity contribution in [1.82, 2.24) is 10.2 Å². The fourth-order valence-electron chi connectivity index (χ4n) is 2.51. The van der Waals surface area contributed by atoms with Gasteiger partial charge in [0.05, 0.1) is 0 Å². The lowest BCUT2D eigenvalue weighted by Gasteiger charge is -2.17. The molecule has 3 aromatic rings. The average Bonchev–Trinajstić information content (AvgIpc) is 3.10. The Labute approximate surface area is 145 Å². The number of rotatable bonds is 6. The smallest absolute Gasteiger partial charge is 0.249 e. The van der Waals surface area contributed by atoms with E-state index >= 15 is 0 Å². The fraction of sp³-hybridized carbons (Fsp3) is 0.222. The van der Waals surface area contributed by atoms with Gasteiger partial charge in [-0.25, -0.2) is 0 Å².